The molecular formula is C45H46F3N7O6S. The van der Waals surface area contributed by atoms with Crippen LogP contribution < -0.4 is 14.5 Å². The highest BCUT2D eigenvalue weighted by Gasteiger charge is 2.33. The fraction of sp³-hybridized carbons (Fsp3) is 0.378. The van der Waals surface area contributed by atoms with Gasteiger partial charge in [-0.05, 0) is 98.0 Å². The zero-order valence-electron chi connectivity index (χ0n) is 34.1. The molecule has 0 aliphatic carbocycles. The second kappa shape index (κ2) is 18.2. The van der Waals surface area contributed by atoms with Crippen LogP contribution >= 0.6 is 0 Å². The summed E-state index contributed by atoms with van der Waals surface area (Å²) in [5.41, 5.74) is 2.81. The van der Waals surface area contributed by atoms with Crippen LogP contribution in [0.4, 0.5) is 30.2 Å². The van der Waals surface area contributed by atoms with Gasteiger partial charge in [-0.3, -0.25) is 9.52 Å². The van der Waals surface area contributed by atoms with E-state index in [9.17, 15) is 27.7 Å². The summed E-state index contributed by atoms with van der Waals surface area (Å²) in [4.78, 5) is 37.6. The number of carbonyl (C=O) groups is 2. The van der Waals surface area contributed by atoms with Crippen LogP contribution in [-0.2, 0) is 19.7 Å². The number of hydrogen-bond donors (Lipinski definition) is 2. The lowest BCUT2D eigenvalue weighted by Crippen LogP contribution is -2.36. The lowest BCUT2D eigenvalue weighted by molar-refractivity contribution is 0.0578. The molecule has 2 N–H and O–H groups in total. The predicted molar refractivity (Wildman–Crippen MR) is 228 cm³/mol. The number of esters is 1. The molecule has 0 amide bonds. The lowest BCUT2D eigenvalue weighted by Gasteiger charge is -2.35. The molecule has 62 heavy (non-hydrogen) atoms. The van der Waals surface area contributed by atoms with Gasteiger partial charge in [-0.2, -0.15) is 18.0 Å². The van der Waals surface area contributed by atoms with E-state index >= 15 is 8.78 Å². The molecule has 3 fully saturated rings. The Morgan fingerprint density at radius 3 is 2.16 bits per heavy atom. The summed E-state index contributed by atoms with van der Waals surface area (Å²) in [5, 5.41) is 9.87. The molecule has 17 heteroatoms. The Labute approximate surface area is 357 Å². The van der Waals surface area contributed by atoms with Crippen molar-refractivity contribution in [2.45, 2.75) is 38.3 Å². The molecule has 0 radical (unpaired) electrons. The Kier molecular flexibility index (Phi) is 12.5. The van der Waals surface area contributed by atoms with Gasteiger partial charge >= 0.3 is 16.2 Å². The molecule has 3 aliphatic heterocycles. The number of carbonyl (C=O) groups excluding carboxylic acids is 2. The molecule has 0 spiro atoms. The minimum Gasteiger partial charge on any atom is -0.465 e. The van der Waals surface area contributed by atoms with Gasteiger partial charge in [0.25, 0.3) is 0 Å². The number of halogens is 3. The maximum atomic E-state index is 15.7. The van der Waals surface area contributed by atoms with Crippen molar-refractivity contribution in [2.75, 3.05) is 74.1 Å². The fourth-order valence-corrected chi connectivity index (χ4v) is 9.79. The number of ketones is 1. The number of ether oxygens (including phenoxy) is 2. The number of piperidine rings is 2. The van der Waals surface area contributed by atoms with Gasteiger partial charge in [0.05, 0.1) is 29.5 Å². The Balaban J connectivity index is 0.836. The van der Waals surface area contributed by atoms with Crippen molar-refractivity contribution in [1.82, 2.24) is 14.3 Å². The molecule has 0 saturated carbocycles. The van der Waals surface area contributed by atoms with Crippen LogP contribution in [0.3, 0.4) is 0 Å². The standard InChI is InChI=1S/C45H46F3N7O6S/c1-60-45(57)36-7-6-35(20-31(36)22-49)54-17-12-29(13-18-54)27-61-26-28-10-15-53(16-11-28)34-4-2-30(3-5-34)32-21-37-38(24-51-44(37)50-23-32)43(56)41-39(47)8-9-40(42(41)48)52-62(58,59)55-19-14-33(46)25-55/h2-9,20-21,23-24,28-29,33,52H,10-19,25-27H2,1H3,(H,50,51)/t33-/m1/s1. The number of pyridine rings is 1. The van der Waals surface area contributed by atoms with Crippen molar-refractivity contribution in [2.24, 2.45) is 11.8 Å². The number of anilines is 3. The van der Waals surface area contributed by atoms with Crippen LogP contribution in [0, 0.1) is 34.8 Å². The maximum absolute atomic E-state index is 15.7. The zero-order chi connectivity index (χ0) is 43.5. The smallest absolute Gasteiger partial charge is 0.339 e. The van der Waals surface area contributed by atoms with Crippen LogP contribution in [0.2, 0.25) is 0 Å². The largest absolute Gasteiger partial charge is 0.465 e. The third-order valence-electron chi connectivity index (χ3n) is 12.2. The van der Waals surface area contributed by atoms with E-state index in [0.29, 0.717) is 40.6 Å². The molecule has 3 aliphatic rings. The molecule has 2 aromatic heterocycles. The number of aromatic amines is 1. The summed E-state index contributed by atoms with van der Waals surface area (Å²) in [7, 11) is -3.05. The molecule has 324 valence electrons. The van der Waals surface area contributed by atoms with Crippen molar-refractivity contribution >= 4 is 50.1 Å². The van der Waals surface area contributed by atoms with E-state index in [0.717, 1.165) is 91.8 Å². The number of fused-ring (bicyclic) bond motifs is 1. The zero-order valence-corrected chi connectivity index (χ0v) is 34.9. The molecular weight excluding hydrogens is 824 g/mol. The summed E-state index contributed by atoms with van der Waals surface area (Å²) in [6.45, 7) is 4.44. The van der Waals surface area contributed by atoms with E-state index in [4.69, 9.17) is 9.47 Å². The topological polar surface area (TPSA) is 161 Å². The lowest BCUT2D eigenvalue weighted by atomic mass is 9.95. The number of nitrogens with one attached hydrogen (secondary N) is 2. The molecule has 5 heterocycles. The van der Waals surface area contributed by atoms with Gasteiger partial charge < -0.3 is 24.3 Å². The van der Waals surface area contributed by atoms with E-state index in [2.05, 4.69) is 25.8 Å². The number of nitrogens with zero attached hydrogens (tertiary/aromatic N) is 5. The Hall–Kier alpha value is -5.96. The average Bonchev–Trinajstić information content (AvgIpc) is 3.94. The fourth-order valence-electron chi connectivity index (χ4n) is 8.52. The van der Waals surface area contributed by atoms with Crippen molar-refractivity contribution in [3.8, 4) is 17.2 Å². The second-order valence-electron chi connectivity index (χ2n) is 16.1. The number of benzene rings is 3. The third kappa shape index (κ3) is 8.99. The molecule has 3 saturated heterocycles. The SMILES string of the molecule is COC(=O)c1ccc(N2CCC(COCC3CCN(c4ccc(-c5cnc6[nH]cc(C(=O)c7c(F)ccc(NS(=O)(=O)N8CC[C@@H](F)C8)c7F)c6c5)cc4)CC3)CC2)cc1C#N. The molecule has 13 nitrogen and oxygen atoms in total. The number of methoxy groups -OCH3 is 1. The molecule has 0 unspecified atom stereocenters. The highest BCUT2D eigenvalue weighted by Crippen LogP contribution is 2.33. The number of rotatable bonds is 13. The van der Waals surface area contributed by atoms with Gasteiger partial charge in [0.15, 0.2) is 5.82 Å². The minimum atomic E-state index is -4.35. The van der Waals surface area contributed by atoms with E-state index in [1.807, 2.05) is 35.1 Å². The Bertz CT molecular complexity index is 2620. The van der Waals surface area contributed by atoms with Crippen LogP contribution in [0.1, 0.15) is 63.9 Å². The molecule has 0 bridgehead atoms. The highest BCUT2D eigenvalue weighted by molar-refractivity contribution is 7.90. The summed E-state index contributed by atoms with van der Waals surface area (Å²) >= 11 is 0. The third-order valence-corrected chi connectivity index (χ3v) is 13.7. The number of nitriles is 1. The first kappa shape index (κ1) is 42.7. The van der Waals surface area contributed by atoms with Crippen LogP contribution in [0.15, 0.2) is 73.1 Å². The molecule has 1 atom stereocenters. The maximum Gasteiger partial charge on any atom is 0.339 e. The van der Waals surface area contributed by atoms with Gasteiger partial charge in [-0.15, -0.1) is 0 Å². The second-order valence-corrected chi connectivity index (χ2v) is 17.7. The van der Waals surface area contributed by atoms with E-state index in [1.54, 1.807) is 24.4 Å². The first-order valence-corrected chi connectivity index (χ1v) is 22.1. The average molecular weight is 870 g/mol. The Morgan fingerprint density at radius 1 is 0.871 bits per heavy atom. The van der Waals surface area contributed by atoms with E-state index < -0.39 is 51.0 Å². The van der Waals surface area contributed by atoms with Gasteiger partial charge in [0.1, 0.15) is 23.7 Å². The molecule has 8 rings (SSSR count). The van der Waals surface area contributed by atoms with Crippen molar-refractivity contribution in [3.05, 3.63) is 107 Å². The minimum absolute atomic E-state index is 0.00544. The van der Waals surface area contributed by atoms with Crippen molar-refractivity contribution in [1.29, 1.82) is 5.26 Å². The summed E-state index contributed by atoms with van der Waals surface area (Å²) in [5.74, 6) is -3.14. The van der Waals surface area contributed by atoms with Crippen LogP contribution in [-0.4, -0.2) is 100 Å². The van der Waals surface area contributed by atoms with Crippen LogP contribution in [0.25, 0.3) is 22.2 Å². The summed E-state index contributed by atoms with van der Waals surface area (Å²) in [6.07, 6.45) is 5.59. The first-order chi connectivity index (χ1) is 29.9. The van der Waals surface area contributed by atoms with E-state index in [1.165, 1.54) is 13.3 Å². The molecule has 5 aromatic rings. The van der Waals surface area contributed by atoms with E-state index in [-0.39, 0.29) is 30.6 Å². The van der Waals surface area contributed by atoms with Crippen LogP contribution in [0.5, 0.6) is 0 Å². The van der Waals surface area contributed by atoms with Crippen molar-refractivity contribution in [3.63, 3.8) is 0 Å². The number of alkyl halides is 1. The quantitative estimate of drug-likeness (QED) is 0.0912. The Morgan fingerprint density at radius 2 is 1.53 bits per heavy atom. The van der Waals surface area contributed by atoms with Gasteiger partial charge in [0.2, 0.25) is 5.78 Å². The number of H-pyrrole nitrogens is 1. The normalized spacial score (nSPS) is 18.0. The van der Waals surface area contributed by atoms with Gasteiger partial charge in [0, 0.05) is 92.8 Å². The van der Waals surface area contributed by atoms with Gasteiger partial charge in [-0.25, -0.2) is 22.9 Å². The highest BCUT2D eigenvalue weighted by atomic mass is 32.2. The van der Waals surface area contributed by atoms with Gasteiger partial charge in [-0.1, -0.05) is 12.1 Å². The first-order valence-electron chi connectivity index (χ1n) is 20.6. The van der Waals surface area contributed by atoms with Crippen molar-refractivity contribution < 1.29 is 40.7 Å². The summed E-state index contributed by atoms with van der Waals surface area (Å²) < 4.78 is 84.0. The summed E-state index contributed by atoms with van der Waals surface area (Å²) in [6, 6.07) is 18.8. The molecule has 3 aromatic carbocycles. The number of aromatic nitrogens is 2. The monoisotopic (exact) mass is 869 g/mol. The number of hydrogen-bond acceptors (Lipinski definition) is 10. The predicted octanol–water partition coefficient (Wildman–Crippen LogP) is 7.25.